The summed E-state index contributed by atoms with van der Waals surface area (Å²) < 4.78 is 12.6. The van der Waals surface area contributed by atoms with E-state index >= 15 is 0 Å². The molecule has 0 saturated heterocycles. The quantitative estimate of drug-likeness (QED) is 0.672. The number of aromatic nitrogens is 2. The number of carbonyl (C=O) groups is 1. The first kappa shape index (κ1) is 17.7. The van der Waals surface area contributed by atoms with Gasteiger partial charge in [-0.25, -0.2) is 0 Å². The van der Waals surface area contributed by atoms with Gasteiger partial charge in [0, 0.05) is 0 Å². The van der Waals surface area contributed by atoms with Crippen LogP contribution in [0.25, 0.3) is 0 Å². The molecule has 1 saturated carbocycles. The number of rotatable bonds is 4. The Morgan fingerprint density at radius 3 is 2.60 bits per heavy atom. The van der Waals surface area contributed by atoms with Gasteiger partial charge < -0.3 is 0 Å². The third-order valence-corrected chi connectivity index (χ3v) is 5.73. The molecule has 1 amide bonds. The van der Waals surface area contributed by atoms with Gasteiger partial charge in [0.2, 0.25) is 0 Å². The van der Waals surface area contributed by atoms with E-state index in [9.17, 15) is 19.1 Å². The van der Waals surface area contributed by atoms with Crippen LogP contribution in [0.5, 0.6) is 5.75 Å². The van der Waals surface area contributed by atoms with Crippen molar-refractivity contribution in [3.8, 4) is 5.75 Å². The second-order valence-electron chi connectivity index (χ2n) is 6.16. The summed E-state index contributed by atoms with van der Waals surface area (Å²) in [5, 5.41) is 12.5. The molecule has 6 nitrogen and oxygen atoms in total. The normalized spacial score (nSPS) is 15.9. The summed E-state index contributed by atoms with van der Waals surface area (Å²) in [5.41, 5.74) is -0.328. The van der Waals surface area contributed by atoms with E-state index in [2.05, 4.69) is 32.1 Å². The fraction of sp³-hybridized carbons (Fsp3) is 0.353. The van der Waals surface area contributed by atoms with Gasteiger partial charge in [-0.2, -0.15) is 0 Å². The van der Waals surface area contributed by atoms with Crippen molar-refractivity contribution < 1.29 is 14.3 Å². The van der Waals surface area contributed by atoms with E-state index in [0.717, 1.165) is 25.7 Å². The van der Waals surface area contributed by atoms with Crippen molar-refractivity contribution in [3.63, 3.8) is 0 Å². The van der Waals surface area contributed by atoms with Crippen molar-refractivity contribution in [2.45, 2.75) is 36.4 Å². The number of H-pyrrole nitrogens is 1. The summed E-state index contributed by atoms with van der Waals surface area (Å²) in [6, 6.07) is 5.68. The van der Waals surface area contributed by atoms with E-state index in [1.165, 1.54) is 12.1 Å². The summed E-state index contributed by atoms with van der Waals surface area (Å²) in [7, 11) is 0. The van der Waals surface area contributed by atoms with E-state index in [-0.39, 0.29) is 22.3 Å². The number of nitrogens with zero attached hydrogens (tertiary/aromatic N) is 1. The second-order valence-corrected chi connectivity index (χ2v) is 7.96. The average molecular weight is 405 g/mol. The average Bonchev–Trinajstić information content (AvgIpc) is 3.04. The van der Waals surface area contributed by atoms with Crippen LogP contribution in [0.2, 0.25) is 0 Å². The number of nitrogens with one attached hydrogen (secondary N) is 2. The van der Waals surface area contributed by atoms with Crippen LogP contribution in [0.3, 0.4) is 0 Å². The Morgan fingerprint density at radius 1 is 1.32 bits per heavy atom. The molecule has 1 fully saturated rings. The first-order chi connectivity index (χ1) is 11.9. The Bertz CT molecular complexity index is 845. The van der Waals surface area contributed by atoms with Crippen LogP contribution in [-0.2, 0) is 10.7 Å². The molecule has 25 heavy (non-hydrogen) atoms. The third kappa shape index (κ3) is 3.76. The Labute approximate surface area is 152 Å². The fourth-order valence-electron chi connectivity index (χ4n) is 2.91. The van der Waals surface area contributed by atoms with Crippen LogP contribution < -0.4 is 10.9 Å². The van der Waals surface area contributed by atoms with Crippen LogP contribution in [0, 0.1) is 5.82 Å². The molecule has 130 valence electrons. The number of aromatic hydroxyl groups is 1. The zero-order valence-corrected chi connectivity index (χ0v) is 15.3. The number of benzene rings is 1. The van der Waals surface area contributed by atoms with Crippen LogP contribution in [-0.4, -0.2) is 37.8 Å². The molecule has 8 heteroatoms. The Morgan fingerprint density at radius 2 is 1.96 bits per heavy atom. The molecule has 1 heterocycles. The molecule has 1 aromatic heterocycles. The maximum atomic E-state index is 12.9. The van der Waals surface area contributed by atoms with E-state index in [0.29, 0.717) is 11.4 Å². The molecule has 2 radical (unpaired) electrons. The van der Waals surface area contributed by atoms with E-state index < -0.39 is 17.2 Å². The Balaban J connectivity index is 1.82. The van der Waals surface area contributed by atoms with Gasteiger partial charge in [0.1, 0.15) is 0 Å². The van der Waals surface area contributed by atoms with Crippen molar-refractivity contribution >= 4 is 22.8 Å². The molecule has 3 rings (SSSR count). The van der Waals surface area contributed by atoms with Crippen LogP contribution in [0.15, 0.2) is 29.1 Å². The number of carbonyl (C=O) groups excluding carboxylic acids is 1. The molecule has 0 atom stereocenters. The second kappa shape index (κ2) is 7.00. The fourth-order valence-corrected chi connectivity index (χ4v) is 3.80. The number of amides is 1. The first-order valence-corrected chi connectivity index (χ1v) is 8.92. The summed E-state index contributed by atoms with van der Waals surface area (Å²) in [6.45, 7) is 0.135. The molecule has 1 aliphatic rings. The van der Waals surface area contributed by atoms with Gasteiger partial charge in [-0.15, -0.1) is 0 Å². The van der Waals surface area contributed by atoms with Crippen LogP contribution in [0.4, 0.5) is 4.39 Å². The van der Waals surface area contributed by atoms with Gasteiger partial charge in [-0.1, -0.05) is 0 Å². The topological polar surface area (TPSA) is 95.1 Å². The Kier molecular flexibility index (Phi) is 4.95. The Hall–Kier alpha value is -2.14. The van der Waals surface area contributed by atoms with Gasteiger partial charge in [0.15, 0.2) is 0 Å². The van der Waals surface area contributed by atoms with Crippen molar-refractivity contribution in [1.29, 1.82) is 0 Å². The predicted octanol–water partition coefficient (Wildman–Crippen LogP) is 1.48. The predicted molar refractivity (Wildman–Crippen MR) is 90.0 cm³/mol. The summed E-state index contributed by atoms with van der Waals surface area (Å²) in [5.74, 6) is -1.31. The van der Waals surface area contributed by atoms with Gasteiger partial charge in [0.05, 0.1) is 0 Å². The van der Waals surface area contributed by atoms with E-state index in [1.54, 1.807) is 12.1 Å². The SMILES string of the molecule is O=C(NCc1ccc(F)cc1)c1nc(C2([As])CCCC2)[nH]c(=O)c1O. The van der Waals surface area contributed by atoms with E-state index in [1.807, 2.05) is 0 Å². The molecule has 0 aliphatic heterocycles. The minimum absolute atomic E-state index is 0.135. The molecule has 2 aromatic rings. The van der Waals surface area contributed by atoms with Gasteiger partial charge >= 0.3 is 152 Å². The number of aromatic amines is 1. The van der Waals surface area contributed by atoms with Gasteiger partial charge in [0.25, 0.3) is 0 Å². The molecule has 0 bridgehead atoms. The third-order valence-electron chi connectivity index (χ3n) is 4.35. The van der Waals surface area contributed by atoms with Crippen molar-refractivity contribution in [2.75, 3.05) is 0 Å². The zero-order chi connectivity index (χ0) is 18.0. The summed E-state index contributed by atoms with van der Waals surface area (Å²) >= 11 is 2.53. The zero-order valence-electron chi connectivity index (χ0n) is 13.4. The van der Waals surface area contributed by atoms with Crippen LogP contribution in [0.1, 0.15) is 47.6 Å². The number of halogens is 1. The molecule has 1 aliphatic carbocycles. The summed E-state index contributed by atoms with van der Waals surface area (Å²) in [4.78, 5) is 31.2. The van der Waals surface area contributed by atoms with Gasteiger partial charge in [-0.3, -0.25) is 0 Å². The molecule has 3 N–H and O–H groups in total. The van der Waals surface area contributed by atoms with Crippen molar-refractivity contribution in [1.82, 2.24) is 15.3 Å². The number of hydrogen-bond acceptors (Lipinski definition) is 4. The molecule has 1 aromatic carbocycles. The minimum atomic E-state index is -0.728. The van der Waals surface area contributed by atoms with Crippen molar-refractivity contribution in [3.05, 3.63) is 57.5 Å². The maximum absolute atomic E-state index is 12.9. The summed E-state index contributed by atoms with van der Waals surface area (Å²) in [6.07, 6.45) is 3.73. The molecule has 0 unspecified atom stereocenters. The van der Waals surface area contributed by atoms with Crippen molar-refractivity contribution in [2.24, 2.45) is 0 Å². The molecule has 0 spiro atoms. The first-order valence-electron chi connectivity index (χ1n) is 7.98. The van der Waals surface area contributed by atoms with E-state index in [4.69, 9.17) is 0 Å². The van der Waals surface area contributed by atoms with Gasteiger partial charge in [-0.05, 0) is 0 Å². The monoisotopic (exact) mass is 405 g/mol. The number of hydrogen-bond donors (Lipinski definition) is 3. The standard InChI is InChI=1S/C17H17AsFN3O3/c18-17(7-1-2-8-17)16-21-12(13(23)15(25)22-16)14(24)20-9-10-3-5-11(19)6-4-10/h3-6,23H,1-2,7-9H2,(H,20,24)(H,21,22,25). The molecular formula is C17H17AsFN3O3. The van der Waals surface area contributed by atoms with Crippen LogP contribution >= 0.6 is 0 Å². The molecular weight excluding hydrogens is 388 g/mol.